The Hall–Kier alpha value is -0.530. The number of carbonyl (C=O) groups excluding carboxylic acids is 1. The van der Waals surface area contributed by atoms with Gasteiger partial charge in [-0.05, 0) is 31.1 Å². The van der Waals surface area contributed by atoms with Crippen molar-refractivity contribution in [1.82, 2.24) is 4.90 Å². The number of piperidine rings is 1. The lowest BCUT2D eigenvalue weighted by atomic mass is 10.1. The monoisotopic (exact) mass is 167 g/mol. The summed E-state index contributed by atoms with van der Waals surface area (Å²) in [7, 11) is 0. The van der Waals surface area contributed by atoms with Gasteiger partial charge in [-0.3, -0.25) is 4.79 Å². The van der Waals surface area contributed by atoms with Crippen LogP contribution in [0, 0.1) is 5.41 Å². The molecule has 0 aromatic heterocycles. The minimum Gasteiger partial charge on any atom is -0.342 e. The van der Waals surface area contributed by atoms with Crippen LogP contribution in [0.15, 0.2) is 0 Å². The van der Waals surface area contributed by atoms with Gasteiger partial charge in [0.15, 0.2) is 0 Å². The highest BCUT2D eigenvalue weighted by Gasteiger charge is 2.40. The van der Waals surface area contributed by atoms with Crippen LogP contribution in [0.3, 0.4) is 0 Å². The molecule has 12 heavy (non-hydrogen) atoms. The van der Waals surface area contributed by atoms with Gasteiger partial charge in [0.2, 0.25) is 5.91 Å². The van der Waals surface area contributed by atoms with Crippen LogP contribution in [0.1, 0.15) is 39.0 Å². The molecule has 0 radical (unpaired) electrons. The number of hydrogen-bond acceptors (Lipinski definition) is 1. The Morgan fingerprint density at radius 3 is 2.75 bits per heavy atom. The molecule has 2 nitrogen and oxygen atoms in total. The minimum absolute atomic E-state index is 0.384. The molecule has 1 heterocycles. The third kappa shape index (κ3) is 1.62. The van der Waals surface area contributed by atoms with Crippen LogP contribution in [0.2, 0.25) is 0 Å². The predicted molar refractivity (Wildman–Crippen MR) is 47.8 cm³/mol. The zero-order chi connectivity index (χ0) is 8.60. The van der Waals surface area contributed by atoms with E-state index in [1.54, 1.807) is 0 Å². The van der Waals surface area contributed by atoms with Crippen LogP contribution in [0.25, 0.3) is 0 Å². The molecule has 0 N–H and O–H groups in total. The Labute approximate surface area is 73.9 Å². The maximum Gasteiger partial charge on any atom is 0.222 e. The second kappa shape index (κ2) is 2.75. The van der Waals surface area contributed by atoms with Gasteiger partial charge < -0.3 is 4.90 Å². The minimum atomic E-state index is 0.384. The molecule has 1 saturated heterocycles. The van der Waals surface area contributed by atoms with Crippen molar-refractivity contribution in [2.75, 3.05) is 13.1 Å². The lowest BCUT2D eigenvalue weighted by Gasteiger charge is -2.29. The first-order valence-electron chi connectivity index (χ1n) is 4.97. The maximum absolute atomic E-state index is 11.4. The van der Waals surface area contributed by atoms with Crippen molar-refractivity contribution in [2.45, 2.75) is 39.0 Å². The molecule has 0 atom stereocenters. The lowest BCUT2D eigenvalue weighted by Crippen LogP contribution is -2.38. The first-order chi connectivity index (χ1) is 5.70. The zero-order valence-corrected chi connectivity index (χ0v) is 7.81. The van der Waals surface area contributed by atoms with Gasteiger partial charge in [-0.1, -0.05) is 6.92 Å². The van der Waals surface area contributed by atoms with Gasteiger partial charge in [-0.25, -0.2) is 0 Å². The van der Waals surface area contributed by atoms with Gasteiger partial charge in [0.25, 0.3) is 0 Å². The summed E-state index contributed by atoms with van der Waals surface area (Å²) in [5.41, 5.74) is 0.493. The van der Waals surface area contributed by atoms with Gasteiger partial charge in [0.1, 0.15) is 0 Å². The summed E-state index contributed by atoms with van der Waals surface area (Å²) in [5.74, 6) is 0.384. The van der Waals surface area contributed by atoms with Crippen LogP contribution >= 0.6 is 0 Å². The number of nitrogens with zero attached hydrogens (tertiary/aromatic N) is 1. The molecule has 1 aliphatic heterocycles. The molecule has 0 aromatic carbocycles. The molecule has 0 unspecified atom stereocenters. The van der Waals surface area contributed by atoms with Crippen LogP contribution in [-0.4, -0.2) is 23.9 Å². The van der Waals surface area contributed by atoms with Gasteiger partial charge in [-0.2, -0.15) is 0 Å². The van der Waals surface area contributed by atoms with Crippen molar-refractivity contribution in [3.63, 3.8) is 0 Å². The Balaban J connectivity index is 1.89. The van der Waals surface area contributed by atoms with Gasteiger partial charge in [-0.15, -0.1) is 0 Å². The highest BCUT2D eigenvalue weighted by molar-refractivity contribution is 5.76. The molecular formula is C10H17NO. The van der Waals surface area contributed by atoms with E-state index in [1.807, 2.05) is 0 Å². The van der Waals surface area contributed by atoms with Crippen molar-refractivity contribution < 1.29 is 4.79 Å². The van der Waals surface area contributed by atoms with Gasteiger partial charge in [0.05, 0.1) is 0 Å². The number of rotatable bonds is 2. The number of amides is 1. The van der Waals surface area contributed by atoms with E-state index in [1.165, 1.54) is 19.3 Å². The molecule has 2 rings (SSSR count). The van der Waals surface area contributed by atoms with Gasteiger partial charge >= 0.3 is 0 Å². The summed E-state index contributed by atoms with van der Waals surface area (Å²) < 4.78 is 0. The number of hydrogen-bond donors (Lipinski definition) is 0. The van der Waals surface area contributed by atoms with E-state index in [4.69, 9.17) is 0 Å². The van der Waals surface area contributed by atoms with Crippen molar-refractivity contribution >= 4 is 5.91 Å². The van der Waals surface area contributed by atoms with Crippen LogP contribution in [-0.2, 0) is 4.79 Å². The molecule has 0 bridgehead atoms. The molecule has 2 fully saturated rings. The SMILES string of the molecule is CC1(CN2CCCCC2=O)CC1. The topological polar surface area (TPSA) is 20.3 Å². The summed E-state index contributed by atoms with van der Waals surface area (Å²) in [5, 5.41) is 0. The summed E-state index contributed by atoms with van der Waals surface area (Å²) >= 11 is 0. The molecule has 0 aromatic rings. The molecule has 2 aliphatic rings. The van der Waals surface area contributed by atoms with E-state index in [0.29, 0.717) is 11.3 Å². The normalized spacial score (nSPS) is 27.4. The highest BCUT2D eigenvalue weighted by Crippen LogP contribution is 2.45. The molecule has 1 saturated carbocycles. The molecule has 1 amide bonds. The average molecular weight is 167 g/mol. The van der Waals surface area contributed by atoms with E-state index < -0.39 is 0 Å². The van der Waals surface area contributed by atoms with Crippen molar-refractivity contribution in [2.24, 2.45) is 5.41 Å². The van der Waals surface area contributed by atoms with Crippen molar-refractivity contribution in [1.29, 1.82) is 0 Å². The summed E-state index contributed by atoms with van der Waals surface area (Å²) in [4.78, 5) is 13.5. The highest BCUT2D eigenvalue weighted by atomic mass is 16.2. The lowest BCUT2D eigenvalue weighted by molar-refractivity contribution is -0.134. The fourth-order valence-corrected chi connectivity index (χ4v) is 1.86. The maximum atomic E-state index is 11.4. The number of likely N-dealkylation sites (tertiary alicyclic amines) is 1. The molecule has 0 spiro atoms. The fraction of sp³-hybridized carbons (Fsp3) is 0.900. The Bertz CT molecular complexity index is 196. The Morgan fingerprint density at radius 1 is 1.42 bits per heavy atom. The second-order valence-electron chi connectivity index (χ2n) is 4.58. The third-order valence-corrected chi connectivity index (χ3v) is 3.10. The fourth-order valence-electron chi connectivity index (χ4n) is 1.86. The largest absolute Gasteiger partial charge is 0.342 e. The number of carbonyl (C=O) groups is 1. The van der Waals surface area contributed by atoms with Crippen molar-refractivity contribution in [3.8, 4) is 0 Å². The second-order valence-corrected chi connectivity index (χ2v) is 4.58. The van der Waals surface area contributed by atoms with E-state index in [2.05, 4.69) is 11.8 Å². The van der Waals surface area contributed by atoms with E-state index in [0.717, 1.165) is 25.9 Å². The average Bonchev–Trinajstić information content (AvgIpc) is 2.74. The standard InChI is InChI=1S/C10H17NO/c1-10(5-6-10)8-11-7-3-2-4-9(11)12/h2-8H2,1H3. The summed E-state index contributed by atoms with van der Waals surface area (Å²) in [6.07, 6.45) is 5.73. The first-order valence-corrected chi connectivity index (χ1v) is 4.97. The Morgan fingerprint density at radius 2 is 2.17 bits per heavy atom. The van der Waals surface area contributed by atoms with E-state index >= 15 is 0 Å². The third-order valence-electron chi connectivity index (χ3n) is 3.10. The van der Waals surface area contributed by atoms with E-state index in [-0.39, 0.29) is 0 Å². The molecular weight excluding hydrogens is 150 g/mol. The van der Waals surface area contributed by atoms with Crippen LogP contribution < -0.4 is 0 Å². The Kier molecular flexibility index (Phi) is 1.85. The molecule has 2 heteroatoms. The zero-order valence-electron chi connectivity index (χ0n) is 7.81. The van der Waals surface area contributed by atoms with Crippen LogP contribution in [0.4, 0.5) is 0 Å². The van der Waals surface area contributed by atoms with E-state index in [9.17, 15) is 4.79 Å². The quantitative estimate of drug-likeness (QED) is 0.614. The summed E-state index contributed by atoms with van der Waals surface area (Å²) in [6.45, 7) is 4.31. The molecule has 1 aliphatic carbocycles. The smallest absolute Gasteiger partial charge is 0.222 e. The summed E-state index contributed by atoms with van der Waals surface area (Å²) in [6, 6.07) is 0. The molecule has 68 valence electrons. The van der Waals surface area contributed by atoms with Gasteiger partial charge in [0, 0.05) is 19.5 Å². The van der Waals surface area contributed by atoms with Crippen molar-refractivity contribution in [3.05, 3.63) is 0 Å². The first kappa shape index (κ1) is 8.09. The predicted octanol–water partition coefficient (Wildman–Crippen LogP) is 1.80. The van der Waals surface area contributed by atoms with Crippen LogP contribution in [0.5, 0.6) is 0 Å².